The molecule has 3 nitrogen and oxygen atoms in total. The first-order valence-corrected chi connectivity index (χ1v) is 5.75. The van der Waals surface area contributed by atoms with E-state index >= 15 is 0 Å². The standard InChI is InChI=1S/C13H18N2O/c1-10(13-4-2-3-7-14-13)15-12-6-5-11(8-12)9-16/h2-7,10-12,15-16H,8-9H2,1H3/t10-,11-,12+/m0/s1. The highest BCUT2D eigenvalue weighted by molar-refractivity contribution is 5.11. The van der Waals surface area contributed by atoms with Gasteiger partial charge in [0.2, 0.25) is 0 Å². The number of nitrogens with one attached hydrogen (secondary N) is 1. The van der Waals surface area contributed by atoms with Gasteiger partial charge in [-0.25, -0.2) is 0 Å². The van der Waals surface area contributed by atoms with Crippen LogP contribution >= 0.6 is 0 Å². The van der Waals surface area contributed by atoms with E-state index < -0.39 is 0 Å². The summed E-state index contributed by atoms with van der Waals surface area (Å²) >= 11 is 0. The second kappa shape index (κ2) is 5.23. The summed E-state index contributed by atoms with van der Waals surface area (Å²) in [5.74, 6) is 0.313. The van der Waals surface area contributed by atoms with Gasteiger partial charge in [-0.15, -0.1) is 0 Å². The molecule has 0 bridgehead atoms. The molecule has 2 rings (SSSR count). The second-order valence-electron chi connectivity index (χ2n) is 4.31. The molecule has 3 heteroatoms. The lowest BCUT2D eigenvalue weighted by molar-refractivity contribution is 0.245. The molecule has 0 saturated heterocycles. The Morgan fingerprint density at radius 2 is 2.38 bits per heavy atom. The van der Waals surface area contributed by atoms with E-state index in [0.717, 1.165) is 12.1 Å². The van der Waals surface area contributed by atoms with Crippen LogP contribution in [0, 0.1) is 5.92 Å². The molecule has 0 unspecified atom stereocenters. The quantitative estimate of drug-likeness (QED) is 0.756. The van der Waals surface area contributed by atoms with E-state index in [1.54, 1.807) is 0 Å². The first-order valence-electron chi connectivity index (χ1n) is 5.75. The van der Waals surface area contributed by atoms with Crippen molar-refractivity contribution in [3.8, 4) is 0 Å². The molecule has 0 fully saturated rings. The van der Waals surface area contributed by atoms with Crippen molar-refractivity contribution in [2.45, 2.75) is 25.4 Å². The SMILES string of the molecule is C[C@H](N[C@@H]1C=C[C@H](CO)C1)c1ccccn1. The Bertz CT molecular complexity index is 350. The van der Waals surface area contributed by atoms with Gasteiger partial charge in [-0.3, -0.25) is 4.98 Å². The number of aliphatic hydroxyl groups is 1. The average molecular weight is 218 g/mol. The molecule has 0 radical (unpaired) electrons. The monoisotopic (exact) mass is 218 g/mol. The van der Waals surface area contributed by atoms with E-state index in [0.29, 0.717) is 12.0 Å². The maximum absolute atomic E-state index is 9.04. The Hall–Kier alpha value is -1.19. The fourth-order valence-electron chi connectivity index (χ4n) is 2.07. The number of rotatable bonds is 4. The summed E-state index contributed by atoms with van der Waals surface area (Å²) in [5, 5.41) is 12.5. The fraction of sp³-hybridized carbons (Fsp3) is 0.462. The van der Waals surface area contributed by atoms with Gasteiger partial charge in [0.15, 0.2) is 0 Å². The van der Waals surface area contributed by atoms with Crippen LogP contribution in [0.2, 0.25) is 0 Å². The van der Waals surface area contributed by atoms with Crippen molar-refractivity contribution < 1.29 is 5.11 Å². The van der Waals surface area contributed by atoms with Gasteiger partial charge in [0.05, 0.1) is 5.69 Å². The van der Waals surface area contributed by atoms with E-state index in [-0.39, 0.29) is 12.6 Å². The molecular weight excluding hydrogens is 200 g/mol. The minimum Gasteiger partial charge on any atom is -0.396 e. The molecule has 2 N–H and O–H groups in total. The minimum atomic E-state index is 0.243. The third-order valence-electron chi connectivity index (χ3n) is 3.00. The number of aromatic nitrogens is 1. The third-order valence-corrected chi connectivity index (χ3v) is 3.00. The summed E-state index contributed by atoms with van der Waals surface area (Å²) in [6, 6.07) is 6.55. The normalized spacial score (nSPS) is 25.9. The van der Waals surface area contributed by atoms with Crippen molar-refractivity contribution in [2.75, 3.05) is 6.61 Å². The van der Waals surface area contributed by atoms with Crippen LogP contribution in [0.1, 0.15) is 25.1 Å². The zero-order valence-electron chi connectivity index (χ0n) is 9.50. The molecule has 0 aliphatic heterocycles. The van der Waals surface area contributed by atoms with Crippen LogP contribution in [0.15, 0.2) is 36.5 Å². The van der Waals surface area contributed by atoms with E-state index in [1.807, 2.05) is 24.4 Å². The largest absolute Gasteiger partial charge is 0.396 e. The summed E-state index contributed by atoms with van der Waals surface area (Å²) in [7, 11) is 0. The number of aliphatic hydroxyl groups excluding tert-OH is 1. The zero-order valence-corrected chi connectivity index (χ0v) is 9.50. The van der Waals surface area contributed by atoms with Gasteiger partial charge in [-0.1, -0.05) is 18.2 Å². The molecule has 1 heterocycles. The van der Waals surface area contributed by atoms with Gasteiger partial charge < -0.3 is 10.4 Å². The lowest BCUT2D eigenvalue weighted by atomic mass is 10.1. The molecule has 3 atom stereocenters. The Morgan fingerprint density at radius 1 is 1.50 bits per heavy atom. The number of hydrogen-bond donors (Lipinski definition) is 2. The maximum atomic E-state index is 9.04. The van der Waals surface area contributed by atoms with E-state index in [4.69, 9.17) is 5.11 Å². The molecule has 1 aromatic rings. The molecule has 16 heavy (non-hydrogen) atoms. The van der Waals surface area contributed by atoms with Gasteiger partial charge >= 0.3 is 0 Å². The van der Waals surface area contributed by atoms with Crippen molar-refractivity contribution in [3.63, 3.8) is 0 Å². The molecule has 0 aromatic carbocycles. The molecular formula is C13H18N2O. The van der Waals surface area contributed by atoms with Crippen molar-refractivity contribution in [1.82, 2.24) is 10.3 Å². The molecule has 86 valence electrons. The summed E-state index contributed by atoms with van der Waals surface area (Å²) in [6.45, 7) is 2.36. The highest BCUT2D eigenvalue weighted by atomic mass is 16.3. The Morgan fingerprint density at radius 3 is 3.00 bits per heavy atom. The fourth-order valence-corrected chi connectivity index (χ4v) is 2.07. The molecule has 0 saturated carbocycles. The molecule has 1 aromatic heterocycles. The topological polar surface area (TPSA) is 45.1 Å². The van der Waals surface area contributed by atoms with Crippen LogP contribution in [0.5, 0.6) is 0 Å². The van der Waals surface area contributed by atoms with Crippen molar-refractivity contribution in [2.24, 2.45) is 5.92 Å². The second-order valence-corrected chi connectivity index (χ2v) is 4.31. The maximum Gasteiger partial charge on any atom is 0.0570 e. The van der Waals surface area contributed by atoms with Crippen LogP contribution in [-0.4, -0.2) is 22.7 Å². The van der Waals surface area contributed by atoms with E-state index in [1.165, 1.54) is 0 Å². The van der Waals surface area contributed by atoms with Gasteiger partial charge in [-0.2, -0.15) is 0 Å². The van der Waals surface area contributed by atoms with Crippen molar-refractivity contribution in [3.05, 3.63) is 42.2 Å². The lowest BCUT2D eigenvalue weighted by Gasteiger charge is -2.18. The number of pyridine rings is 1. The highest BCUT2D eigenvalue weighted by Crippen LogP contribution is 2.20. The first-order chi connectivity index (χ1) is 7.79. The van der Waals surface area contributed by atoms with Gasteiger partial charge in [0, 0.05) is 30.8 Å². The summed E-state index contributed by atoms with van der Waals surface area (Å²) in [4.78, 5) is 4.32. The minimum absolute atomic E-state index is 0.243. The first kappa shape index (κ1) is 11.3. The highest BCUT2D eigenvalue weighted by Gasteiger charge is 2.20. The summed E-state index contributed by atoms with van der Waals surface area (Å²) in [5.41, 5.74) is 1.06. The molecule has 1 aliphatic carbocycles. The summed E-state index contributed by atoms with van der Waals surface area (Å²) < 4.78 is 0. The van der Waals surface area contributed by atoms with Gasteiger partial charge in [0.25, 0.3) is 0 Å². The average Bonchev–Trinajstić information content (AvgIpc) is 2.78. The zero-order chi connectivity index (χ0) is 11.4. The van der Waals surface area contributed by atoms with Crippen LogP contribution in [0.3, 0.4) is 0 Å². The Labute approximate surface area is 96.2 Å². The van der Waals surface area contributed by atoms with Gasteiger partial charge in [0.1, 0.15) is 0 Å². The predicted molar refractivity (Wildman–Crippen MR) is 63.9 cm³/mol. The summed E-state index contributed by atoms with van der Waals surface area (Å²) in [6.07, 6.45) is 7.02. The smallest absolute Gasteiger partial charge is 0.0570 e. The molecule has 1 aliphatic rings. The van der Waals surface area contributed by atoms with Crippen LogP contribution in [0.25, 0.3) is 0 Å². The Balaban J connectivity index is 1.89. The van der Waals surface area contributed by atoms with Crippen LogP contribution < -0.4 is 5.32 Å². The number of hydrogen-bond acceptors (Lipinski definition) is 3. The van der Waals surface area contributed by atoms with Crippen LogP contribution in [-0.2, 0) is 0 Å². The van der Waals surface area contributed by atoms with Crippen molar-refractivity contribution >= 4 is 0 Å². The van der Waals surface area contributed by atoms with E-state index in [2.05, 4.69) is 29.4 Å². The molecule has 0 amide bonds. The Kier molecular flexibility index (Phi) is 3.70. The third kappa shape index (κ3) is 2.68. The predicted octanol–water partition coefficient (Wildman–Crippen LogP) is 1.67. The lowest BCUT2D eigenvalue weighted by Crippen LogP contribution is -2.29. The molecule has 0 spiro atoms. The number of nitrogens with zero attached hydrogens (tertiary/aromatic N) is 1. The van der Waals surface area contributed by atoms with Gasteiger partial charge in [-0.05, 0) is 25.5 Å². The van der Waals surface area contributed by atoms with Crippen LogP contribution in [0.4, 0.5) is 0 Å². The van der Waals surface area contributed by atoms with E-state index in [9.17, 15) is 0 Å². The van der Waals surface area contributed by atoms with Crippen molar-refractivity contribution in [1.29, 1.82) is 0 Å².